The second-order valence-corrected chi connectivity index (χ2v) is 9.85. The van der Waals surface area contributed by atoms with Gasteiger partial charge in [-0.2, -0.15) is 4.98 Å². The van der Waals surface area contributed by atoms with Crippen molar-refractivity contribution >= 4 is 17.2 Å². The van der Waals surface area contributed by atoms with Crippen LogP contribution in [0.1, 0.15) is 42.3 Å². The third kappa shape index (κ3) is 6.91. The quantitative estimate of drug-likeness (QED) is 0.316. The fourth-order valence-corrected chi connectivity index (χ4v) is 5.00. The second kappa shape index (κ2) is 13.0. The zero-order chi connectivity index (χ0) is 26.2. The molecule has 196 valence electrons. The molecule has 0 saturated carbocycles. The molecule has 1 aromatic carbocycles. The summed E-state index contributed by atoms with van der Waals surface area (Å²) in [7, 11) is 0. The van der Waals surface area contributed by atoms with Crippen LogP contribution in [0, 0.1) is 13.8 Å². The third-order valence-corrected chi connectivity index (χ3v) is 7.26. The van der Waals surface area contributed by atoms with Crippen LogP contribution in [0.15, 0.2) is 22.7 Å². The summed E-state index contributed by atoms with van der Waals surface area (Å²) in [6, 6.07) is 6.06. The molecule has 9 nitrogen and oxygen atoms in total. The van der Waals surface area contributed by atoms with Gasteiger partial charge >= 0.3 is 0 Å². The van der Waals surface area contributed by atoms with Crippen molar-refractivity contribution < 1.29 is 19.2 Å². The number of hydrogen-bond acceptors (Lipinski definition) is 9. The van der Waals surface area contributed by atoms with Crippen molar-refractivity contribution in [2.75, 3.05) is 32.8 Å². The van der Waals surface area contributed by atoms with Crippen molar-refractivity contribution in [1.29, 1.82) is 0 Å². The molecular weight excluding hydrogens is 478 g/mol. The largest absolute Gasteiger partial charge is 0.490 e. The molecule has 0 aliphatic rings. The Morgan fingerprint density at radius 2 is 1.97 bits per heavy atom. The van der Waals surface area contributed by atoms with Gasteiger partial charge in [-0.3, -0.25) is 9.69 Å². The van der Waals surface area contributed by atoms with Crippen molar-refractivity contribution in [3.05, 3.63) is 39.8 Å². The molecule has 0 aliphatic carbocycles. The van der Waals surface area contributed by atoms with E-state index in [2.05, 4.69) is 47.2 Å². The van der Waals surface area contributed by atoms with Gasteiger partial charge in [-0.05, 0) is 68.2 Å². The first-order chi connectivity index (χ1) is 17.3. The fourth-order valence-electron chi connectivity index (χ4n) is 3.86. The maximum absolute atomic E-state index is 11.3. The number of aliphatic hydroxyl groups excluding tert-OH is 1. The van der Waals surface area contributed by atoms with Crippen LogP contribution in [-0.2, 0) is 17.8 Å². The monoisotopic (exact) mass is 515 g/mol. The number of hydrogen-bond donors (Lipinski definition) is 3. The number of carbonyl (C=O) groups is 1. The summed E-state index contributed by atoms with van der Waals surface area (Å²) in [5.41, 5.74) is 9.23. The molecule has 1 amide bonds. The van der Waals surface area contributed by atoms with E-state index >= 15 is 0 Å². The molecule has 0 bridgehead atoms. The van der Waals surface area contributed by atoms with E-state index in [9.17, 15) is 9.90 Å². The average molecular weight is 516 g/mol. The van der Waals surface area contributed by atoms with Gasteiger partial charge in [0.2, 0.25) is 11.7 Å². The van der Waals surface area contributed by atoms with Crippen molar-refractivity contribution in [3.8, 4) is 27.9 Å². The van der Waals surface area contributed by atoms with E-state index in [0.717, 1.165) is 47.6 Å². The summed E-state index contributed by atoms with van der Waals surface area (Å²) in [4.78, 5) is 20.6. The van der Waals surface area contributed by atoms with Gasteiger partial charge in [0, 0.05) is 23.5 Å². The lowest BCUT2D eigenvalue weighted by Gasteiger charge is -2.17. The minimum atomic E-state index is -0.843. The summed E-state index contributed by atoms with van der Waals surface area (Å²) in [6.07, 6.45) is -0.113. The van der Waals surface area contributed by atoms with Crippen molar-refractivity contribution in [2.24, 2.45) is 5.73 Å². The molecule has 0 spiro atoms. The van der Waals surface area contributed by atoms with Gasteiger partial charge in [-0.15, -0.1) is 11.3 Å². The van der Waals surface area contributed by atoms with Crippen molar-refractivity contribution in [3.63, 3.8) is 0 Å². The molecule has 0 saturated heterocycles. The molecule has 0 unspecified atom stereocenters. The summed E-state index contributed by atoms with van der Waals surface area (Å²) < 4.78 is 11.6. The number of nitrogens with one attached hydrogen (secondary N) is 1. The van der Waals surface area contributed by atoms with Crippen LogP contribution >= 0.6 is 11.3 Å². The van der Waals surface area contributed by atoms with Crippen LogP contribution < -0.4 is 15.8 Å². The molecule has 3 aromatic rings. The molecule has 0 aliphatic heterocycles. The Kier molecular flexibility index (Phi) is 10.0. The lowest BCUT2D eigenvalue weighted by Crippen LogP contribution is -2.38. The number of nitrogens with two attached hydrogens (primary N) is 1. The molecule has 2 heterocycles. The highest BCUT2D eigenvalue weighted by Gasteiger charge is 2.18. The zero-order valence-corrected chi connectivity index (χ0v) is 22.6. The minimum Gasteiger partial charge on any atom is -0.490 e. The van der Waals surface area contributed by atoms with Crippen LogP contribution in [0.3, 0.4) is 0 Å². The number of ether oxygens (including phenoxy) is 1. The predicted molar refractivity (Wildman–Crippen MR) is 142 cm³/mol. The predicted octanol–water partition coefficient (Wildman–Crippen LogP) is 3.30. The number of amides is 1. The normalized spacial score (nSPS) is 12.2. The highest BCUT2D eigenvalue weighted by atomic mass is 32.1. The highest BCUT2D eigenvalue weighted by Crippen LogP contribution is 2.34. The van der Waals surface area contributed by atoms with E-state index in [1.165, 1.54) is 10.4 Å². The number of nitrogens with zero attached hydrogens (tertiary/aromatic N) is 3. The lowest BCUT2D eigenvalue weighted by atomic mass is 10.0. The number of benzene rings is 1. The molecule has 1 atom stereocenters. The van der Waals surface area contributed by atoms with E-state index in [-0.39, 0.29) is 25.6 Å². The number of carbonyl (C=O) groups excluding carboxylic acids is 1. The van der Waals surface area contributed by atoms with Gasteiger partial charge in [0.25, 0.3) is 5.89 Å². The lowest BCUT2D eigenvalue weighted by molar-refractivity contribution is -0.120. The topological polar surface area (TPSA) is 127 Å². The van der Waals surface area contributed by atoms with Crippen molar-refractivity contribution in [1.82, 2.24) is 20.4 Å². The smallest absolute Gasteiger partial charge is 0.268 e. The van der Waals surface area contributed by atoms with Crippen LogP contribution in [0.2, 0.25) is 0 Å². The second-order valence-electron chi connectivity index (χ2n) is 8.71. The Hall–Kier alpha value is -2.79. The van der Waals surface area contributed by atoms with Crippen molar-refractivity contribution in [2.45, 2.75) is 53.7 Å². The summed E-state index contributed by atoms with van der Waals surface area (Å²) in [5, 5.41) is 16.9. The number of aryl methyl sites for hydroxylation is 3. The summed E-state index contributed by atoms with van der Waals surface area (Å²) in [5.74, 6) is 1.43. The van der Waals surface area contributed by atoms with Gasteiger partial charge in [-0.1, -0.05) is 25.9 Å². The molecule has 4 N–H and O–H groups in total. The Bertz CT molecular complexity index is 1160. The molecule has 0 fully saturated rings. The van der Waals surface area contributed by atoms with Gasteiger partial charge < -0.3 is 25.4 Å². The van der Waals surface area contributed by atoms with E-state index in [4.69, 9.17) is 15.0 Å². The first-order valence-electron chi connectivity index (χ1n) is 12.4. The Morgan fingerprint density at radius 3 is 2.64 bits per heavy atom. The van der Waals surface area contributed by atoms with E-state index in [1.807, 2.05) is 26.0 Å². The zero-order valence-electron chi connectivity index (χ0n) is 21.8. The standard InChI is InChI=1S/C26H37N5O4S/c1-6-18-11-19(9-17(5)24(18)34-15-20(32)13-28-23(33)12-27)25-29-26(35-30-25)21-10-16(4)22(36-21)14-31(7-2)8-3/h9-11,20,32H,6-8,12-15,27H2,1-5H3,(H,28,33)/t20-/m0/s1. The Morgan fingerprint density at radius 1 is 1.22 bits per heavy atom. The first-order valence-corrected chi connectivity index (χ1v) is 13.2. The Labute approximate surface area is 216 Å². The van der Waals surface area contributed by atoms with E-state index in [1.54, 1.807) is 11.3 Å². The SMILES string of the molecule is CCc1cc(-c2noc(-c3cc(C)c(CN(CC)CC)s3)n2)cc(C)c1OC[C@@H](O)CNC(=O)CN. The Balaban J connectivity index is 1.75. The maximum atomic E-state index is 11.3. The maximum Gasteiger partial charge on any atom is 0.268 e. The van der Waals surface area contributed by atoms with Crippen LogP contribution in [0.25, 0.3) is 22.2 Å². The molecule has 10 heteroatoms. The molecule has 2 aromatic heterocycles. The third-order valence-electron chi connectivity index (χ3n) is 6.05. The van der Waals surface area contributed by atoms with Crippen LogP contribution in [-0.4, -0.2) is 64.9 Å². The van der Waals surface area contributed by atoms with Gasteiger partial charge in [-0.25, -0.2) is 0 Å². The number of aromatic nitrogens is 2. The molecule has 0 radical (unpaired) electrons. The summed E-state index contributed by atoms with van der Waals surface area (Å²) in [6.45, 7) is 13.4. The van der Waals surface area contributed by atoms with Crippen LogP contribution in [0.5, 0.6) is 5.75 Å². The molecule has 36 heavy (non-hydrogen) atoms. The van der Waals surface area contributed by atoms with Gasteiger partial charge in [0.05, 0.1) is 11.4 Å². The van der Waals surface area contributed by atoms with E-state index < -0.39 is 6.10 Å². The number of aliphatic hydroxyl groups is 1. The number of rotatable bonds is 13. The minimum absolute atomic E-state index is 0.0535. The molecular formula is C26H37N5O4S. The highest BCUT2D eigenvalue weighted by molar-refractivity contribution is 7.15. The summed E-state index contributed by atoms with van der Waals surface area (Å²) >= 11 is 1.70. The van der Waals surface area contributed by atoms with Gasteiger partial charge in [0.15, 0.2) is 0 Å². The van der Waals surface area contributed by atoms with E-state index in [0.29, 0.717) is 17.5 Å². The molecule has 3 rings (SSSR count). The van der Waals surface area contributed by atoms with Crippen LogP contribution in [0.4, 0.5) is 0 Å². The number of thiophene rings is 1. The fraction of sp³-hybridized carbons (Fsp3) is 0.500. The average Bonchev–Trinajstić information content (AvgIpc) is 3.51. The van der Waals surface area contributed by atoms with Gasteiger partial charge in [0.1, 0.15) is 18.5 Å². The first kappa shape index (κ1) is 27.8.